The number of H-pyrrole nitrogens is 1. The SMILES string of the molecule is Cc1nc(NC2CCN(c3ccccc3)CC2)cc(=O)[nH]1. The van der Waals surface area contributed by atoms with E-state index >= 15 is 0 Å². The van der Waals surface area contributed by atoms with Crippen LogP contribution in [0.3, 0.4) is 0 Å². The molecule has 0 amide bonds. The van der Waals surface area contributed by atoms with Crippen molar-refractivity contribution >= 4 is 11.5 Å². The number of benzene rings is 1. The van der Waals surface area contributed by atoms with Gasteiger partial charge >= 0.3 is 0 Å². The van der Waals surface area contributed by atoms with E-state index in [1.54, 1.807) is 6.92 Å². The summed E-state index contributed by atoms with van der Waals surface area (Å²) in [4.78, 5) is 20.8. The summed E-state index contributed by atoms with van der Waals surface area (Å²) < 4.78 is 0. The maximum absolute atomic E-state index is 11.4. The molecule has 5 nitrogen and oxygen atoms in total. The molecule has 0 bridgehead atoms. The molecule has 0 unspecified atom stereocenters. The van der Waals surface area contributed by atoms with Gasteiger partial charge in [-0.3, -0.25) is 4.79 Å². The fourth-order valence-electron chi connectivity index (χ4n) is 2.78. The molecule has 1 fully saturated rings. The Morgan fingerprint density at radius 1 is 1.24 bits per heavy atom. The molecule has 1 aromatic heterocycles. The van der Waals surface area contributed by atoms with Crippen molar-refractivity contribution in [1.29, 1.82) is 0 Å². The van der Waals surface area contributed by atoms with E-state index in [4.69, 9.17) is 0 Å². The molecule has 0 radical (unpaired) electrons. The lowest BCUT2D eigenvalue weighted by molar-refractivity contribution is 0.525. The van der Waals surface area contributed by atoms with Crippen LogP contribution in [0.4, 0.5) is 11.5 Å². The number of hydrogen-bond donors (Lipinski definition) is 2. The Morgan fingerprint density at radius 2 is 1.95 bits per heavy atom. The zero-order chi connectivity index (χ0) is 14.7. The number of anilines is 2. The predicted octanol–water partition coefficient (Wildman–Crippen LogP) is 2.16. The Labute approximate surface area is 124 Å². The average Bonchev–Trinajstić information content (AvgIpc) is 2.48. The third kappa shape index (κ3) is 3.42. The summed E-state index contributed by atoms with van der Waals surface area (Å²) in [6.45, 7) is 3.83. The maximum atomic E-state index is 11.4. The molecule has 2 N–H and O–H groups in total. The highest BCUT2D eigenvalue weighted by molar-refractivity contribution is 5.46. The second-order valence-electron chi connectivity index (χ2n) is 5.46. The van der Waals surface area contributed by atoms with Crippen molar-refractivity contribution in [2.75, 3.05) is 23.3 Å². The molecule has 0 saturated carbocycles. The second kappa shape index (κ2) is 5.99. The monoisotopic (exact) mass is 284 g/mol. The van der Waals surface area contributed by atoms with Crippen LogP contribution in [0.5, 0.6) is 0 Å². The molecule has 2 heterocycles. The number of piperidine rings is 1. The molecule has 1 aromatic carbocycles. The van der Waals surface area contributed by atoms with Crippen molar-refractivity contribution in [3.63, 3.8) is 0 Å². The summed E-state index contributed by atoms with van der Waals surface area (Å²) in [5.74, 6) is 1.32. The molecule has 110 valence electrons. The molecule has 5 heteroatoms. The lowest BCUT2D eigenvalue weighted by atomic mass is 10.0. The minimum atomic E-state index is -0.105. The van der Waals surface area contributed by atoms with Crippen molar-refractivity contribution in [1.82, 2.24) is 9.97 Å². The minimum Gasteiger partial charge on any atom is -0.371 e. The van der Waals surface area contributed by atoms with E-state index < -0.39 is 0 Å². The van der Waals surface area contributed by atoms with Gasteiger partial charge in [0.05, 0.1) is 0 Å². The Kier molecular flexibility index (Phi) is 3.90. The number of rotatable bonds is 3. The molecule has 3 rings (SSSR count). The van der Waals surface area contributed by atoms with E-state index in [1.807, 2.05) is 6.07 Å². The number of aromatic amines is 1. The van der Waals surface area contributed by atoms with Crippen molar-refractivity contribution in [3.05, 3.63) is 52.6 Å². The smallest absolute Gasteiger partial charge is 0.252 e. The Morgan fingerprint density at radius 3 is 2.62 bits per heavy atom. The van der Waals surface area contributed by atoms with Gasteiger partial charge in [-0.2, -0.15) is 0 Å². The van der Waals surface area contributed by atoms with Gasteiger partial charge in [0.2, 0.25) is 0 Å². The number of nitrogens with zero attached hydrogens (tertiary/aromatic N) is 2. The average molecular weight is 284 g/mol. The van der Waals surface area contributed by atoms with E-state index in [-0.39, 0.29) is 5.56 Å². The van der Waals surface area contributed by atoms with Crippen LogP contribution < -0.4 is 15.8 Å². The Bertz CT molecular complexity index is 645. The van der Waals surface area contributed by atoms with Gasteiger partial charge in [-0.05, 0) is 31.9 Å². The first-order valence-electron chi connectivity index (χ1n) is 7.35. The van der Waals surface area contributed by atoms with Crippen LogP contribution in [-0.2, 0) is 0 Å². The van der Waals surface area contributed by atoms with Gasteiger partial charge in [-0.15, -0.1) is 0 Å². The van der Waals surface area contributed by atoms with E-state index in [2.05, 4.69) is 44.5 Å². The quantitative estimate of drug-likeness (QED) is 0.906. The van der Waals surface area contributed by atoms with Crippen LogP contribution in [0.15, 0.2) is 41.2 Å². The van der Waals surface area contributed by atoms with Gasteiger partial charge < -0.3 is 15.2 Å². The number of hydrogen-bond acceptors (Lipinski definition) is 4. The summed E-state index contributed by atoms with van der Waals surface area (Å²) in [5, 5.41) is 3.38. The fraction of sp³-hybridized carbons (Fsp3) is 0.375. The Hall–Kier alpha value is -2.30. The van der Waals surface area contributed by atoms with E-state index in [1.165, 1.54) is 11.8 Å². The zero-order valence-electron chi connectivity index (χ0n) is 12.2. The van der Waals surface area contributed by atoms with Crippen molar-refractivity contribution in [2.45, 2.75) is 25.8 Å². The van der Waals surface area contributed by atoms with E-state index in [9.17, 15) is 4.79 Å². The summed E-state index contributed by atoms with van der Waals surface area (Å²) in [6.07, 6.45) is 2.09. The highest BCUT2D eigenvalue weighted by Gasteiger charge is 2.19. The normalized spacial score (nSPS) is 16.0. The van der Waals surface area contributed by atoms with Crippen LogP contribution in [0.25, 0.3) is 0 Å². The van der Waals surface area contributed by atoms with Crippen LogP contribution >= 0.6 is 0 Å². The first-order chi connectivity index (χ1) is 10.2. The minimum absolute atomic E-state index is 0.105. The summed E-state index contributed by atoms with van der Waals surface area (Å²) in [6, 6.07) is 12.4. The summed E-state index contributed by atoms with van der Waals surface area (Å²) in [7, 11) is 0. The van der Waals surface area contributed by atoms with Crippen molar-refractivity contribution < 1.29 is 0 Å². The molecule has 2 aromatic rings. The van der Waals surface area contributed by atoms with Gasteiger partial charge in [0.1, 0.15) is 11.6 Å². The maximum Gasteiger partial charge on any atom is 0.252 e. The molecule has 0 spiro atoms. The number of aryl methyl sites for hydroxylation is 1. The van der Waals surface area contributed by atoms with Gasteiger partial charge in [0.25, 0.3) is 5.56 Å². The van der Waals surface area contributed by atoms with Crippen LogP contribution in [0.2, 0.25) is 0 Å². The Balaban J connectivity index is 1.60. The summed E-state index contributed by atoms with van der Waals surface area (Å²) >= 11 is 0. The fourth-order valence-corrected chi connectivity index (χ4v) is 2.78. The molecule has 0 aliphatic carbocycles. The van der Waals surface area contributed by atoms with Crippen LogP contribution in [0, 0.1) is 6.92 Å². The van der Waals surface area contributed by atoms with Crippen LogP contribution in [0.1, 0.15) is 18.7 Å². The van der Waals surface area contributed by atoms with Gasteiger partial charge in [-0.25, -0.2) is 4.98 Å². The highest BCUT2D eigenvalue weighted by atomic mass is 16.1. The van der Waals surface area contributed by atoms with Gasteiger partial charge in [-0.1, -0.05) is 18.2 Å². The van der Waals surface area contributed by atoms with Gasteiger partial charge in [0, 0.05) is 30.9 Å². The molecule has 21 heavy (non-hydrogen) atoms. The molecule has 1 saturated heterocycles. The molecule has 1 aliphatic heterocycles. The lowest BCUT2D eigenvalue weighted by Gasteiger charge is -2.34. The van der Waals surface area contributed by atoms with Gasteiger partial charge in [0.15, 0.2) is 0 Å². The van der Waals surface area contributed by atoms with Crippen molar-refractivity contribution in [2.24, 2.45) is 0 Å². The molecular formula is C16H20N4O. The largest absolute Gasteiger partial charge is 0.371 e. The van der Waals surface area contributed by atoms with Crippen molar-refractivity contribution in [3.8, 4) is 0 Å². The highest BCUT2D eigenvalue weighted by Crippen LogP contribution is 2.20. The first kappa shape index (κ1) is 13.7. The standard InChI is InChI=1S/C16H20N4O/c1-12-17-15(11-16(21)18-12)19-13-7-9-20(10-8-13)14-5-3-2-4-6-14/h2-6,11,13H,7-10H2,1H3,(H2,17,18,19,21). The number of nitrogens with one attached hydrogen (secondary N) is 2. The van der Waals surface area contributed by atoms with Crippen LogP contribution in [-0.4, -0.2) is 29.1 Å². The summed E-state index contributed by atoms with van der Waals surface area (Å²) in [5.41, 5.74) is 1.17. The van der Waals surface area contributed by atoms with E-state index in [0.717, 1.165) is 25.9 Å². The molecular weight excluding hydrogens is 264 g/mol. The third-order valence-corrected chi connectivity index (χ3v) is 3.83. The first-order valence-corrected chi connectivity index (χ1v) is 7.35. The second-order valence-corrected chi connectivity index (χ2v) is 5.46. The molecule has 1 aliphatic rings. The van der Waals surface area contributed by atoms with E-state index in [0.29, 0.717) is 17.7 Å². The predicted molar refractivity (Wildman–Crippen MR) is 84.9 cm³/mol. The lowest BCUT2D eigenvalue weighted by Crippen LogP contribution is -2.39. The number of para-hydroxylation sites is 1. The third-order valence-electron chi connectivity index (χ3n) is 3.83. The topological polar surface area (TPSA) is 61.0 Å². The zero-order valence-corrected chi connectivity index (χ0v) is 12.2. The molecule has 0 atom stereocenters. The number of aromatic nitrogens is 2.